The van der Waals surface area contributed by atoms with E-state index < -0.39 is 18.1 Å². The van der Waals surface area contributed by atoms with Crippen molar-refractivity contribution < 1.29 is 24.2 Å². The number of aliphatic hydroxyl groups excluding tert-OH is 1. The van der Waals surface area contributed by atoms with Crippen molar-refractivity contribution in [3.8, 4) is 0 Å². The molecule has 1 heterocycles. The fourth-order valence-electron chi connectivity index (χ4n) is 5.08. The van der Waals surface area contributed by atoms with Crippen molar-refractivity contribution in [1.82, 2.24) is 15.2 Å². The number of anilines is 1. The number of rotatable bonds is 13. The topological polar surface area (TPSA) is 135 Å². The lowest BCUT2D eigenvalue weighted by atomic mass is 9.83. The van der Waals surface area contributed by atoms with Gasteiger partial charge in [-0.05, 0) is 38.7 Å². The predicted molar refractivity (Wildman–Crippen MR) is 152 cm³/mol. The minimum atomic E-state index is -1.46. The van der Waals surface area contributed by atoms with Gasteiger partial charge in [-0.25, -0.2) is 9.78 Å². The first-order chi connectivity index (χ1) is 18.6. The second-order valence-corrected chi connectivity index (χ2v) is 11.5. The van der Waals surface area contributed by atoms with Crippen LogP contribution in [0, 0.1) is 5.92 Å². The quantitative estimate of drug-likeness (QED) is 0.311. The highest BCUT2D eigenvalue weighted by Gasteiger charge is 2.32. The molecular formula is C29H42N4O5S. The van der Waals surface area contributed by atoms with Crippen molar-refractivity contribution in [1.29, 1.82) is 0 Å². The molecule has 1 aliphatic rings. The number of benzene rings is 1. The maximum absolute atomic E-state index is 13.4. The minimum Gasteiger partial charge on any atom is -0.461 e. The Morgan fingerprint density at radius 1 is 1.13 bits per heavy atom. The average molecular weight is 559 g/mol. The minimum absolute atomic E-state index is 0.0225. The molecule has 214 valence electrons. The molecule has 1 saturated carbocycles. The fraction of sp³-hybridized carbons (Fsp3) is 0.586. The zero-order valence-corrected chi connectivity index (χ0v) is 24.0. The Balaban J connectivity index is 1.66. The van der Waals surface area contributed by atoms with Crippen LogP contribution >= 0.6 is 11.3 Å². The molecule has 0 saturated heterocycles. The first-order valence-corrected chi connectivity index (χ1v) is 14.7. The summed E-state index contributed by atoms with van der Waals surface area (Å²) in [7, 11) is 0. The number of aromatic nitrogens is 1. The number of nitrogens with one attached hydrogen (secondary N) is 1. The van der Waals surface area contributed by atoms with Crippen molar-refractivity contribution in [2.24, 2.45) is 5.92 Å². The summed E-state index contributed by atoms with van der Waals surface area (Å²) in [5.74, 6) is -1.00. The molecule has 0 bridgehead atoms. The van der Waals surface area contributed by atoms with Gasteiger partial charge in [-0.3, -0.25) is 9.59 Å². The molecule has 2 amide bonds. The summed E-state index contributed by atoms with van der Waals surface area (Å²) in [6, 6.07) is 8.68. The number of hydrogen-bond donors (Lipinski definition) is 3. The molecule has 4 N–H and O–H groups in total. The van der Waals surface area contributed by atoms with E-state index in [-0.39, 0.29) is 43.3 Å². The third-order valence-electron chi connectivity index (χ3n) is 7.17. The van der Waals surface area contributed by atoms with Crippen molar-refractivity contribution in [2.75, 3.05) is 5.73 Å². The fourth-order valence-corrected chi connectivity index (χ4v) is 5.63. The third kappa shape index (κ3) is 9.61. The molecule has 1 fully saturated rings. The van der Waals surface area contributed by atoms with E-state index in [1.54, 1.807) is 18.7 Å². The maximum atomic E-state index is 13.4. The summed E-state index contributed by atoms with van der Waals surface area (Å²) in [6.07, 6.45) is 3.97. The number of hydrogen-bond acceptors (Lipinski definition) is 8. The van der Waals surface area contributed by atoms with E-state index in [2.05, 4.69) is 10.3 Å². The summed E-state index contributed by atoms with van der Waals surface area (Å²) in [4.78, 5) is 44.9. The third-order valence-corrected chi connectivity index (χ3v) is 7.89. The Labute approximate surface area is 235 Å². The molecule has 10 heteroatoms. The number of nitrogens with two attached hydrogens (primary N) is 1. The van der Waals surface area contributed by atoms with E-state index in [1.807, 2.05) is 42.6 Å². The van der Waals surface area contributed by atoms with Gasteiger partial charge in [0.25, 0.3) is 0 Å². The highest BCUT2D eigenvalue weighted by atomic mass is 32.1. The molecule has 0 spiro atoms. The van der Waals surface area contributed by atoms with Gasteiger partial charge in [0.2, 0.25) is 11.8 Å². The standard InChI is InChI=1S/C29H42N4O5S/c1-19(2)38-28(37)27(36)24(16-21-10-6-4-7-11-21)32-25(34)14-15-26(35)33(17-23-18-39-29(30)31-23)20(3)22-12-8-5-9-13-22/h5,8-9,12-13,18-21,24,27,36H,4,6-7,10-11,14-17H2,1-3H3,(H2,30,31)(H,32,34)/t20-,24-,27+/m0/s1. The van der Waals surface area contributed by atoms with Crippen LogP contribution in [0.2, 0.25) is 0 Å². The van der Waals surface area contributed by atoms with Crippen LogP contribution in [-0.4, -0.2) is 51.0 Å². The lowest BCUT2D eigenvalue weighted by molar-refractivity contribution is -0.159. The smallest absolute Gasteiger partial charge is 0.337 e. The summed E-state index contributed by atoms with van der Waals surface area (Å²) in [6.45, 7) is 5.65. The van der Waals surface area contributed by atoms with E-state index in [0.717, 1.165) is 31.2 Å². The first kappa shape index (κ1) is 30.6. The van der Waals surface area contributed by atoms with Crippen LogP contribution in [0.5, 0.6) is 0 Å². The molecule has 3 atom stereocenters. The Kier molecular flexibility index (Phi) is 11.7. The summed E-state index contributed by atoms with van der Waals surface area (Å²) >= 11 is 1.32. The van der Waals surface area contributed by atoms with Gasteiger partial charge in [0.15, 0.2) is 11.2 Å². The van der Waals surface area contributed by atoms with Gasteiger partial charge < -0.3 is 25.8 Å². The predicted octanol–water partition coefficient (Wildman–Crippen LogP) is 4.36. The Hall–Kier alpha value is -2.98. The van der Waals surface area contributed by atoms with Crippen molar-refractivity contribution in [3.05, 3.63) is 47.0 Å². The van der Waals surface area contributed by atoms with Gasteiger partial charge >= 0.3 is 5.97 Å². The van der Waals surface area contributed by atoms with Crippen LogP contribution in [0.3, 0.4) is 0 Å². The molecule has 2 aromatic rings. The van der Waals surface area contributed by atoms with Crippen LogP contribution in [-0.2, 0) is 25.7 Å². The van der Waals surface area contributed by atoms with Gasteiger partial charge in [-0.2, -0.15) is 0 Å². The average Bonchev–Trinajstić information content (AvgIpc) is 3.34. The SMILES string of the molecule is CC(C)OC(=O)[C@H](O)[C@H](CC1CCCCC1)NC(=O)CCC(=O)N(Cc1csc(N)n1)[C@@H](C)c1ccccc1. The number of nitrogens with zero attached hydrogens (tertiary/aromatic N) is 2. The largest absolute Gasteiger partial charge is 0.461 e. The van der Waals surface area contributed by atoms with E-state index in [9.17, 15) is 19.5 Å². The molecule has 0 aliphatic heterocycles. The first-order valence-electron chi connectivity index (χ1n) is 13.9. The van der Waals surface area contributed by atoms with E-state index in [0.29, 0.717) is 23.2 Å². The molecule has 9 nitrogen and oxygen atoms in total. The van der Waals surface area contributed by atoms with Gasteiger partial charge in [-0.15, -0.1) is 11.3 Å². The van der Waals surface area contributed by atoms with E-state index in [1.165, 1.54) is 17.8 Å². The monoisotopic (exact) mass is 558 g/mol. The number of nitrogen functional groups attached to an aromatic ring is 1. The Bertz CT molecular complexity index is 1070. The second-order valence-electron chi connectivity index (χ2n) is 10.6. The number of thiazole rings is 1. The molecule has 3 rings (SSSR count). The normalized spacial score (nSPS) is 16.3. The van der Waals surface area contributed by atoms with Crippen LogP contribution in [0.15, 0.2) is 35.7 Å². The number of carbonyl (C=O) groups excluding carboxylic acids is 3. The Morgan fingerprint density at radius 3 is 2.44 bits per heavy atom. The molecule has 0 unspecified atom stereocenters. The van der Waals surface area contributed by atoms with Gasteiger partial charge in [0, 0.05) is 18.2 Å². The number of esters is 1. The van der Waals surface area contributed by atoms with Gasteiger partial charge in [0.1, 0.15) is 0 Å². The number of ether oxygens (including phenoxy) is 1. The van der Waals surface area contributed by atoms with Crippen molar-refractivity contribution in [3.63, 3.8) is 0 Å². The molecule has 1 aromatic heterocycles. The zero-order valence-electron chi connectivity index (χ0n) is 23.2. The van der Waals surface area contributed by atoms with Crippen LogP contribution in [0.4, 0.5) is 5.13 Å². The number of carbonyl (C=O) groups is 3. The lowest BCUT2D eigenvalue weighted by Gasteiger charge is -2.30. The van der Waals surface area contributed by atoms with Gasteiger partial charge in [-0.1, -0.05) is 62.4 Å². The van der Waals surface area contributed by atoms with E-state index >= 15 is 0 Å². The van der Waals surface area contributed by atoms with Crippen LogP contribution in [0.25, 0.3) is 0 Å². The zero-order chi connectivity index (χ0) is 28.4. The number of amides is 2. The number of aliphatic hydroxyl groups is 1. The molecule has 1 aromatic carbocycles. The molecule has 39 heavy (non-hydrogen) atoms. The maximum Gasteiger partial charge on any atom is 0.337 e. The van der Waals surface area contributed by atoms with Crippen LogP contribution in [0.1, 0.15) is 89.4 Å². The lowest BCUT2D eigenvalue weighted by Crippen LogP contribution is -2.49. The summed E-state index contributed by atoms with van der Waals surface area (Å²) in [5.41, 5.74) is 7.46. The molecule has 0 radical (unpaired) electrons. The highest BCUT2D eigenvalue weighted by molar-refractivity contribution is 7.13. The molecular weight excluding hydrogens is 516 g/mol. The van der Waals surface area contributed by atoms with Crippen LogP contribution < -0.4 is 11.1 Å². The molecule has 1 aliphatic carbocycles. The Morgan fingerprint density at radius 2 is 1.82 bits per heavy atom. The summed E-state index contributed by atoms with van der Waals surface area (Å²) < 4.78 is 5.21. The second kappa shape index (κ2) is 15.0. The van der Waals surface area contributed by atoms with E-state index in [4.69, 9.17) is 10.5 Å². The summed E-state index contributed by atoms with van der Waals surface area (Å²) in [5, 5.41) is 15.9. The highest BCUT2D eigenvalue weighted by Crippen LogP contribution is 2.29. The van der Waals surface area contributed by atoms with Gasteiger partial charge in [0.05, 0.1) is 30.4 Å². The van der Waals surface area contributed by atoms with Crippen molar-refractivity contribution >= 4 is 34.3 Å². The van der Waals surface area contributed by atoms with Crippen molar-refractivity contribution in [2.45, 2.75) is 103 Å².